The minimum atomic E-state index is 0.165. The van der Waals surface area contributed by atoms with Crippen LogP contribution in [0.25, 0.3) is 0 Å². The monoisotopic (exact) mass is 284 g/mol. The normalized spacial score (nSPS) is 12.6. The van der Waals surface area contributed by atoms with Gasteiger partial charge in [-0.25, -0.2) is 4.98 Å². The number of rotatable bonds is 5. The maximum absolute atomic E-state index is 6.15. The van der Waals surface area contributed by atoms with Gasteiger partial charge in [0.15, 0.2) is 0 Å². The first kappa shape index (κ1) is 13.3. The molecule has 96 valence electrons. The molecule has 0 radical (unpaired) electrons. The summed E-state index contributed by atoms with van der Waals surface area (Å²) < 4.78 is 0. The zero-order chi connectivity index (χ0) is 13.0. The number of aromatic nitrogens is 3. The fourth-order valence-electron chi connectivity index (χ4n) is 1.72. The maximum Gasteiger partial charge on any atom is 0.137 e. The molecule has 1 aromatic heterocycles. The van der Waals surface area contributed by atoms with Crippen molar-refractivity contribution in [2.45, 2.75) is 19.4 Å². The molecule has 0 saturated heterocycles. The van der Waals surface area contributed by atoms with Gasteiger partial charge >= 0.3 is 0 Å². The van der Waals surface area contributed by atoms with Crippen molar-refractivity contribution < 1.29 is 0 Å². The van der Waals surface area contributed by atoms with Gasteiger partial charge in [0.25, 0.3) is 0 Å². The molecule has 1 heterocycles. The van der Waals surface area contributed by atoms with Crippen LogP contribution < -0.4 is 5.32 Å². The summed E-state index contributed by atoms with van der Waals surface area (Å²) in [7, 11) is 0. The minimum Gasteiger partial charge on any atom is -0.310 e. The van der Waals surface area contributed by atoms with Gasteiger partial charge in [-0.1, -0.05) is 29.3 Å². The highest BCUT2D eigenvalue weighted by atomic mass is 35.5. The first-order valence-corrected chi connectivity index (χ1v) is 6.45. The van der Waals surface area contributed by atoms with Crippen molar-refractivity contribution in [1.29, 1.82) is 0 Å². The molecule has 0 aliphatic carbocycles. The number of H-pyrrole nitrogens is 1. The summed E-state index contributed by atoms with van der Waals surface area (Å²) in [5, 5.41) is 11.3. The second kappa shape index (κ2) is 6.18. The topological polar surface area (TPSA) is 53.6 Å². The molecule has 0 fully saturated rings. The third-order valence-corrected chi connectivity index (χ3v) is 3.27. The van der Waals surface area contributed by atoms with Crippen LogP contribution in [0, 0.1) is 0 Å². The van der Waals surface area contributed by atoms with E-state index in [1.165, 1.54) is 6.33 Å². The Kier molecular flexibility index (Phi) is 4.58. The van der Waals surface area contributed by atoms with Crippen molar-refractivity contribution in [3.05, 3.63) is 46.0 Å². The third-order valence-electron chi connectivity index (χ3n) is 2.71. The highest BCUT2D eigenvalue weighted by Gasteiger charge is 2.09. The van der Waals surface area contributed by atoms with E-state index in [-0.39, 0.29) is 6.04 Å². The van der Waals surface area contributed by atoms with Gasteiger partial charge in [-0.2, -0.15) is 5.10 Å². The number of aromatic amines is 1. The van der Waals surface area contributed by atoms with E-state index >= 15 is 0 Å². The summed E-state index contributed by atoms with van der Waals surface area (Å²) in [5.41, 5.74) is 1.04. The van der Waals surface area contributed by atoms with Crippen molar-refractivity contribution >= 4 is 23.2 Å². The molecule has 0 aliphatic heterocycles. The maximum atomic E-state index is 6.15. The predicted octanol–water partition coefficient (Wildman–Crippen LogP) is 3.00. The molecule has 1 aromatic carbocycles. The van der Waals surface area contributed by atoms with Crippen LogP contribution in [0.3, 0.4) is 0 Å². The Bertz CT molecular complexity index is 499. The molecular formula is C12H14Cl2N4. The number of halogens is 2. The average molecular weight is 285 g/mol. The van der Waals surface area contributed by atoms with Crippen molar-refractivity contribution in [3.8, 4) is 0 Å². The number of hydrogen-bond donors (Lipinski definition) is 2. The van der Waals surface area contributed by atoms with E-state index in [2.05, 4.69) is 27.4 Å². The average Bonchev–Trinajstić information content (AvgIpc) is 2.81. The number of benzene rings is 1. The van der Waals surface area contributed by atoms with E-state index < -0.39 is 0 Å². The fraction of sp³-hybridized carbons (Fsp3) is 0.333. The zero-order valence-corrected chi connectivity index (χ0v) is 11.5. The van der Waals surface area contributed by atoms with Crippen LogP contribution in [0.15, 0.2) is 24.5 Å². The molecule has 1 unspecified atom stereocenters. The Hall–Kier alpha value is -1.10. The van der Waals surface area contributed by atoms with Crippen LogP contribution in [0.2, 0.25) is 10.0 Å². The van der Waals surface area contributed by atoms with Crippen LogP contribution in [-0.4, -0.2) is 21.7 Å². The van der Waals surface area contributed by atoms with Crippen LogP contribution in [-0.2, 0) is 6.42 Å². The standard InChI is InChI=1S/C12H14Cl2N4/c1-8(10-3-2-9(13)6-11(10)14)15-5-4-12-16-7-17-18-12/h2-3,6-8,15H,4-5H2,1H3,(H,16,17,18). The first-order chi connectivity index (χ1) is 8.66. The Morgan fingerprint density at radius 2 is 2.22 bits per heavy atom. The van der Waals surface area contributed by atoms with E-state index in [1.54, 1.807) is 6.07 Å². The summed E-state index contributed by atoms with van der Waals surface area (Å²) >= 11 is 12.0. The first-order valence-electron chi connectivity index (χ1n) is 5.69. The predicted molar refractivity (Wildman–Crippen MR) is 73.0 cm³/mol. The molecule has 0 aliphatic rings. The quantitative estimate of drug-likeness (QED) is 0.888. The van der Waals surface area contributed by atoms with Gasteiger partial charge < -0.3 is 5.32 Å². The molecule has 0 spiro atoms. The second-order valence-corrected chi connectivity index (χ2v) is 4.87. The molecule has 0 saturated carbocycles. The molecule has 2 N–H and O–H groups in total. The largest absolute Gasteiger partial charge is 0.310 e. The molecule has 0 bridgehead atoms. The molecule has 1 atom stereocenters. The number of hydrogen-bond acceptors (Lipinski definition) is 3. The molecular weight excluding hydrogens is 271 g/mol. The molecule has 0 amide bonds. The lowest BCUT2D eigenvalue weighted by Gasteiger charge is -2.15. The summed E-state index contributed by atoms with van der Waals surface area (Å²) in [6, 6.07) is 5.71. The fourth-order valence-corrected chi connectivity index (χ4v) is 2.29. The van der Waals surface area contributed by atoms with E-state index in [1.807, 2.05) is 12.1 Å². The van der Waals surface area contributed by atoms with Crippen LogP contribution in [0.1, 0.15) is 24.4 Å². The van der Waals surface area contributed by atoms with Gasteiger partial charge in [0.2, 0.25) is 0 Å². The van der Waals surface area contributed by atoms with Gasteiger partial charge in [-0.15, -0.1) is 0 Å². The Balaban J connectivity index is 1.89. The van der Waals surface area contributed by atoms with Crippen LogP contribution >= 0.6 is 23.2 Å². The smallest absolute Gasteiger partial charge is 0.137 e. The summed E-state index contributed by atoms with van der Waals surface area (Å²) in [6.07, 6.45) is 2.31. The van der Waals surface area contributed by atoms with Gasteiger partial charge in [-0.05, 0) is 24.6 Å². The summed E-state index contributed by atoms with van der Waals surface area (Å²) in [4.78, 5) is 4.06. The van der Waals surface area contributed by atoms with Crippen LogP contribution in [0.4, 0.5) is 0 Å². The zero-order valence-electron chi connectivity index (χ0n) is 9.95. The lowest BCUT2D eigenvalue weighted by Crippen LogP contribution is -2.22. The van der Waals surface area contributed by atoms with Crippen LogP contribution in [0.5, 0.6) is 0 Å². The Labute approximate surface area is 116 Å². The number of nitrogens with zero attached hydrogens (tertiary/aromatic N) is 2. The van der Waals surface area contributed by atoms with E-state index in [9.17, 15) is 0 Å². The molecule has 4 nitrogen and oxygen atoms in total. The minimum absolute atomic E-state index is 0.165. The molecule has 2 aromatic rings. The van der Waals surface area contributed by atoms with Crippen molar-refractivity contribution in [2.75, 3.05) is 6.54 Å². The van der Waals surface area contributed by atoms with Gasteiger partial charge in [0, 0.05) is 29.1 Å². The summed E-state index contributed by atoms with van der Waals surface area (Å²) in [5.74, 6) is 0.872. The third kappa shape index (κ3) is 3.45. The van der Waals surface area contributed by atoms with Gasteiger partial charge in [0.1, 0.15) is 12.2 Å². The van der Waals surface area contributed by atoms with E-state index in [0.717, 1.165) is 24.4 Å². The summed E-state index contributed by atoms with van der Waals surface area (Å²) in [6.45, 7) is 2.87. The lowest BCUT2D eigenvalue weighted by molar-refractivity contribution is 0.570. The Morgan fingerprint density at radius 3 is 2.89 bits per heavy atom. The van der Waals surface area contributed by atoms with Crippen molar-refractivity contribution in [2.24, 2.45) is 0 Å². The van der Waals surface area contributed by atoms with Gasteiger partial charge in [-0.3, -0.25) is 5.10 Å². The Morgan fingerprint density at radius 1 is 1.39 bits per heavy atom. The number of nitrogens with one attached hydrogen (secondary N) is 2. The van der Waals surface area contributed by atoms with Crippen molar-refractivity contribution in [3.63, 3.8) is 0 Å². The molecule has 6 heteroatoms. The second-order valence-electron chi connectivity index (χ2n) is 4.02. The highest BCUT2D eigenvalue weighted by Crippen LogP contribution is 2.25. The SMILES string of the molecule is CC(NCCc1ncn[nH]1)c1ccc(Cl)cc1Cl. The van der Waals surface area contributed by atoms with Crippen molar-refractivity contribution in [1.82, 2.24) is 20.5 Å². The van der Waals surface area contributed by atoms with E-state index in [0.29, 0.717) is 10.0 Å². The van der Waals surface area contributed by atoms with E-state index in [4.69, 9.17) is 23.2 Å². The lowest BCUT2D eigenvalue weighted by atomic mass is 10.1. The van der Waals surface area contributed by atoms with Gasteiger partial charge in [0.05, 0.1) is 0 Å². The molecule has 2 rings (SSSR count). The highest BCUT2D eigenvalue weighted by molar-refractivity contribution is 6.35. The molecule has 18 heavy (non-hydrogen) atoms.